The third kappa shape index (κ3) is 2.98. The van der Waals surface area contributed by atoms with Crippen LogP contribution in [0.25, 0.3) is 0 Å². The van der Waals surface area contributed by atoms with Gasteiger partial charge in [-0.15, -0.1) is 0 Å². The van der Waals surface area contributed by atoms with Gasteiger partial charge in [-0.05, 0) is 37.5 Å². The third-order valence-electron chi connectivity index (χ3n) is 4.34. The largest absolute Gasteiger partial charge is 0.366 e. The molecule has 23 heavy (non-hydrogen) atoms. The zero-order valence-electron chi connectivity index (χ0n) is 12.9. The van der Waals surface area contributed by atoms with Gasteiger partial charge in [0.05, 0.1) is 5.69 Å². The Morgan fingerprint density at radius 2 is 1.61 bits per heavy atom. The summed E-state index contributed by atoms with van der Waals surface area (Å²) >= 11 is 12.3. The summed E-state index contributed by atoms with van der Waals surface area (Å²) in [5.74, 6) is -0.836. The Bertz CT molecular complexity index is 692. The predicted octanol–water partition coefficient (Wildman–Crippen LogP) is 3.85. The first-order valence-electron chi connectivity index (χ1n) is 7.80. The number of aryl methyl sites for hydroxylation is 1. The number of benzene rings is 1. The van der Waals surface area contributed by atoms with Gasteiger partial charge in [-0.2, -0.15) is 0 Å². The van der Waals surface area contributed by atoms with Gasteiger partial charge in [0.1, 0.15) is 10.7 Å². The number of amides is 2. The van der Waals surface area contributed by atoms with E-state index >= 15 is 0 Å². The van der Waals surface area contributed by atoms with E-state index in [1.54, 1.807) is 18.2 Å². The zero-order chi connectivity index (χ0) is 16.6. The van der Waals surface area contributed by atoms with Crippen LogP contribution in [-0.4, -0.2) is 29.8 Å². The van der Waals surface area contributed by atoms with Crippen molar-refractivity contribution in [3.8, 4) is 0 Å². The number of imide groups is 1. The SMILES string of the molecule is Cc1ccc(N2C(=O)C(Cl)=C(N3CCCCCC3)C2=O)cc1Cl. The second kappa shape index (κ2) is 6.54. The average Bonchev–Trinajstić information content (AvgIpc) is 2.72. The van der Waals surface area contributed by atoms with Crippen molar-refractivity contribution in [1.29, 1.82) is 0 Å². The second-order valence-electron chi connectivity index (χ2n) is 5.94. The van der Waals surface area contributed by atoms with Gasteiger partial charge >= 0.3 is 0 Å². The average molecular weight is 353 g/mol. The van der Waals surface area contributed by atoms with Gasteiger partial charge in [0.25, 0.3) is 11.8 Å². The van der Waals surface area contributed by atoms with Crippen LogP contribution >= 0.6 is 23.2 Å². The van der Waals surface area contributed by atoms with Gasteiger partial charge in [0.2, 0.25) is 0 Å². The van der Waals surface area contributed by atoms with Crippen LogP contribution in [0.3, 0.4) is 0 Å². The maximum atomic E-state index is 12.8. The molecule has 0 unspecified atom stereocenters. The molecule has 0 N–H and O–H groups in total. The van der Waals surface area contributed by atoms with Crippen LogP contribution in [0.4, 0.5) is 5.69 Å². The van der Waals surface area contributed by atoms with Crippen LogP contribution in [-0.2, 0) is 9.59 Å². The summed E-state index contributed by atoms with van der Waals surface area (Å²) in [5.41, 5.74) is 1.68. The Morgan fingerprint density at radius 1 is 0.957 bits per heavy atom. The third-order valence-corrected chi connectivity index (χ3v) is 5.09. The first-order chi connectivity index (χ1) is 11.0. The Kier molecular flexibility index (Phi) is 4.64. The van der Waals surface area contributed by atoms with E-state index in [2.05, 4.69) is 0 Å². The van der Waals surface area contributed by atoms with Crippen molar-refractivity contribution in [1.82, 2.24) is 4.90 Å². The lowest BCUT2D eigenvalue weighted by molar-refractivity contribution is -0.121. The molecule has 2 aliphatic rings. The van der Waals surface area contributed by atoms with Crippen molar-refractivity contribution < 1.29 is 9.59 Å². The first-order valence-corrected chi connectivity index (χ1v) is 8.56. The Hall–Kier alpha value is -1.52. The van der Waals surface area contributed by atoms with Crippen LogP contribution in [0.15, 0.2) is 28.9 Å². The fourth-order valence-electron chi connectivity index (χ4n) is 3.02. The number of carbonyl (C=O) groups excluding carboxylic acids is 2. The molecule has 1 saturated heterocycles. The Morgan fingerprint density at radius 3 is 2.22 bits per heavy atom. The van der Waals surface area contributed by atoms with Crippen LogP contribution in [0.1, 0.15) is 31.2 Å². The molecular weight excluding hydrogens is 335 g/mol. The predicted molar refractivity (Wildman–Crippen MR) is 91.6 cm³/mol. The molecule has 4 nitrogen and oxygen atoms in total. The van der Waals surface area contributed by atoms with Crippen molar-refractivity contribution in [3.63, 3.8) is 0 Å². The second-order valence-corrected chi connectivity index (χ2v) is 6.73. The summed E-state index contributed by atoms with van der Waals surface area (Å²) in [4.78, 5) is 28.4. The van der Waals surface area contributed by atoms with Crippen molar-refractivity contribution in [2.24, 2.45) is 0 Å². The molecule has 0 aliphatic carbocycles. The van der Waals surface area contributed by atoms with Crippen molar-refractivity contribution in [2.45, 2.75) is 32.6 Å². The minimum Gasteiger partial charge on any atom is -0.366 e. The lowest BCUT2D eigenvalue weighted by Crippen LogP contribution is -2.35. The summed E-state index contributed by atoms with van der Waals surface area (Å²) in [6.45, 7) is 3.38. The molecule has 122 valence electrons. The van der Waals surface area contributed by atoms with Crippen molar-refractivity contribution >= 4 is 40.7 Å². The van der Waals surface area contributed by atoms with E-state index in [1.165, 1.54) is 0 Å². The Labute approximate surface area is 145 Å². The first kappa shape index (κ1) is 16.3. The molecule has 2 aliphatic heterocycles. The van der Waals surface area contributed by atoms with E-state index in [4.69, 9.17) is 23.2 Å². The van der Waals surface area contributed by atoms with Gasteiger partial charge < -0.3 is 4.90 Å². The van der Waals surface area contributed by atoms with E-state index in [0.29, 0.717) is 16.4 Å². The molecule has 1 aromatic rings. The number of anilines is 1. The summed E-state index contributed by atoms with van der Waals surface area (Å²) < 4.78 is 0. The standard InChI is InChI=1S/C17H18Cl2N2O2/c1-11-6-7-12(10-13(11)18)21-16(22)14(19)15(17(21)23)20-8-4-2-3-5-9-20/h6-7,10H,2-5,8-9H2,1H3. The zero-order valence-corrected chi connectivity index (χ0v) is 14.5. The fraction of sp³-hybridized carbons (Fsp3) is 0.412. The highest BCUT2D eigenvalue weighted by atomic mass is 35.5. The topological polar surface area (TPSA) is 40.6 Å². The molecule has 0 atom stereocenters. The number of likely N-dealkylation sites (tertiary alicyclic amines) is 1. The lowest BCUT2D eigenvalue weighted by Gasteiger charge is -2.23. The van der Waals surface area contributed by atoms with E-state index in [1.807, 2.05) is 11.8 Å². The van der Waals surface area contributed by atoms with Gasteiger partial charge in [-0.25, -0.2) is 4.90 Å². The maximum absolute atomic E-state index is 12.8. The molecule has 1 aromatic carbocycles. The fourth-order valence-corrected chi connectivity index (χ4v) is 3.47. The lowest BCUT2D eigenvalue weighted by atomic mass is 10.2. The summed E-state index contributed by atoms with van der Waals surface area (Å²) in [6, 6.07) is 5.13. The van der Waals surface area contributed by atoms with Crippen LogP contribution in [0.5, 0.6) is 0 Å². The maximum Gasteiger partial charge on any atom is 0.283 e. The molecule has 6 heteroatoms. The smallest absolute Gasteiger partial charge is 0.283 e. The van der Waals surface area contributed by atoms with Gasteiger partial charge in [-0.3, -0.25) is 9.59 Å². The number of carbonyl (C=O) groups is 2. The molecule has 0 spiro atoms. The highest BCUT2D eigenvalue weighted by molar-refractivity contribution is 6.52. The Balaban J connectivity index is 1.93. The van der Waals surface area contributed by atoms with Crippen molar-refractivity contribution in [2.75, 3.05) is 18.0 Å². The van der Waals surface area contributed by atoms with Gasteiger partial charge in [0, 0.05) is 18.1 Å². The monoisotopic (exact) mass is 352 g/mol. The van der Waals surface area contributed by atoms with Crippen molar-refractivity contribution in [3.05, 3.63) is 39.5 Å². The summed E-state index contributed by atoms with van der Waals surface area (Å²) in [7, 11) is 0. The molecule has 1 fully saturated rings. The van der Waals surface area contributed by atoms with Gasteiger partial charge in [0.15, 0.2) is 0 Å². The van der Waals surface area contributed by atoms with E-state index in [-0.39, 0.29) is 10.9 Å². The van der Waals surface area contributed by atoms with Crippen LogP contribution < -0.4 is 4.90 Å². The molecule has 2 amide bonds. The minimum absolute atomic E-state index is 0.00796. The number of rotatable bonds is 2. The summed E-state index contributed by atoms with van der Waals surface area (Å²) in [5, 5.41) is 0.524. The van der Waals surface area contributed by atoms with Gasteiger partial charge in [-0.1, -0.05) is 42.1 Å². The molecule has 0 radical (unpaired) electrons. The normalized spacial score (nSPS) is 19.6. The molecule has 0 bridgehead atoms. The van der Waals surface area contributed by atoms with Crippen LogP contribution in [0.2, 0.25) is 5.02 Å². The summed E-state index contributed by atoms with van der Waals surface area (Å²) in [6.07, 6.45) is 4.29. The molecule has 0 aromatic heterocycles. The van der Waals surface area contributed by atoms with E-state index < -0.39 is 5.91 Å². The molecule has 3 rings (SSSR count). The highest BCUT2D eigenvalue weighted by Crippen LogP contribution is 2.33. The number of halogens is 2. The number of nitrogens with zero attached hydrogens (tertiary/aromatic N) is 2. The quantitative estimate of drug-likeness (QED) is 0.759. The van der Waals surface area contributed by atoms with Crippen LogP contribution in [0, 0.1) is 6.92 Å². The minimum atomic E-state index is -0.476. The van der Waals surface area contributed by atoms with E-state index in [0.717, 1.165) is 49.2 Å². The molecular formula is C17H18Cl2N2O2. The molecule has 2 heterocycles. The van der Waals surface area contributed by atoms with E-state index in [9.17, 15) is 9.59 Å². The highest BCUT2D eigenvalue weighted by Gasteiger charge is 2.41. The number of hydrogen-bond acceptors (Lipinski definition) is 3. The molecule has 0 saturated carbocycles. The number of hydrogen-bond donors (Lipinski definition) is 0.